The summed E-state index contributed by atoms with van der Waals surface area (Å²) in [5.41, 5.74) is 5.40. The van der Waals surface area contributed by atoms with Crippen LogP contribution in [-0.4, -0.2) is 55.5 Å². The minimum absolute atomic E-state index is 0.270. The lowest BCUT2D eigenvalue weighted by atomic mass is 10.0. The van der Waals surface area contributed by atoms with Crippen molar-refractivity contribution < 1.29 is 4.79 Å². The van der Waals surface area contributed by atoms with Crippen LogP contribution in [0, 0.1) is 0 Å². The fourth-order valence-electron chi connectivity index (χ4n) is 2.01. The second-order valence-corrected chi connectivity index (χ2v) is 4.49. The summed E-state index contributed by atoms with van der Waals surface area (Å²) in [6.45, 7) is 2.42. The topological polar surface area (TPSA) is 49.6 Å². The summed E-state index contributed by atoms with van der Waals surface area (Å²) in [6, 6.07) is 0.528. The number of likely N-dealkylation sites (tertiary alicyclic amines) is 1. The highest BCUT2D eigenvalue weighted by Gasteiger charge is 2.24. The van der Waals surface area contributed by atoms with E-state index in [2.05, 4.69) is 19.0 Å². The molecular weight excluding hydrogens is 190 g/mol. The zero-order valence-electron chi connectivity index (χ0n) is 9.91. The summed E-state index contributed by atoms with van der Waals surface area (Å²) in [5.74, 6) is 0.270. The van der Waals surface area contributed by atoms with Crippen LogP contribution in [0.25, 0.3) is 0 Å². The third kappa shape index (κ3) is 3.80. The molecule has 1 fully saturated rings. The molecule has 1 unspecified atom stereocenters. The van der Waals surface area contributed by atoms with E-state index in [0.29, 0.717) is 19.0 Å². The molecule has 1 aliphatic rings. The van der Waals surface area contributed by atoms with Crippen molar-refractivity contribution in [2.75, 3.05) is 33.7 Å². The Hall–Kier alpha value is -0.610. The predicted octanol–water partition coefficient (Wildman–Crippen LogP) is 0.278. The van der Waals surface area contributed by atoms with Gasteiger partial charge < -0.3 is 15.5 Å². The Kier molecular flexibility index (Phi) is 5.05. The van der Waals surface area contributed by atoms with E-state index in [0.717, 1.165) is 25.9 Å². The van der Waals surface area contributed by atoms with Gasteiger partial charge in [-0.2, -0.15) is 0 Å². The number of likely N-dealkylation sites (N-methyl/N-ethyl adjacent to an activating group) is 1. The standard InChI is InChI=1S/C11H23N3O/c1-13(2)10-5-4-8-14(9-10)11(15)6-3-7-12/h10H,3-9,12H2,1-2H3. The SMILES string of the molecule is CN(C)C1CCCN(C(=O)CCCN)C1. The van der Waals surface area contributed by atoms with Gasteiger partial charge in [0.05, 0.1) is 0 Å². The van der Waals surface area contributed by atoms with Crippen molar-refractivity contribution in [2.45, 2.75) is 31.7 Å². The quantitative estimate of drug-likeness (QED) is 0.729. The molecule has 4 nitrogen and oxygen atoms in total. The molecule has 4 heteroatoms. The first-order valence-corrected chi connectivity index (χ1v) is 5.79. The molecule has 0 aliphatic carbocycles. The van der Waals surface area contributed by atoms with E-state index in [1.54, 1.807) is 0 Å². The van der Waals surface area contributed by atoms with Crippen LogP contribution in [0.5, 0.6) is 0 Å². The Morgan fingerprint density at radius 2 is 2.27 bits per heavy atom. The van der Waals surface area contributed by atoms with Gasteiger partial charge in [-0.1, -0.05) is 0 Å². The summed E-state index contributed by atoms with van der Waals surface area (Å²) in [6.07, 6.45) is 3.74. The van der Waals surface area contributed by atoms with Crippen LogP contribution >= 0.6 is 0 Å². The van der Waals surface area contributed by atoms with E-state index in [9.17, 15) is 4.79 Å². The van der Waals surface area contributed by atoms with Crippen molar-refractivity contribution in [1.82, 2.24) is 9.80 Å². The molecule has 88 valence electrons. The Balaban J connectivity index is 2.38. The third-order valence-corrected chi connectivity index (χ3v) is 3.07. The Labute approximate surface area is 92.4 Å². The Bertz CT molecular complexity index is 206. The van der Waals surface area contributed by atoms with Gasteiger partial charge in [0.1, 0.15) is 0 Å². The first-order chi connectivity index (χ1) is 7.15. The lowest BCUT2D eigenvalue weighted by Gasteiger charge is -2.36. The molecule has 0 spiro atoms. The molecule has 15 heavy (non-hydrogen) atoms. The molecule has 0 aromatic rings. The van der Waals surface area contributed by atoms with Gasteiger partial charge in [0.15, 0.2) is 0 Å². The summed E-state index contributed by atoms with van der Waals surface area (Å²) >= 11 is 0. The van der Waals surface area contributed by atoms with Crippen molar-refractivity contribution in [3.05, 3.63) is 0 Å². The van der Waals surface area contributed by atoms with Crippen LogP contribution < -0.4 is 5.73 Å². The molecule has 0 aromatic heterocycles. The number of amides is 1. The van der Waals surface area contributed by atoms with Gasteiger partial charge >= 0.3 is 0 Å². The summed E-state index contributed by atoms with van der Waals surface area (Å²) in [5, 5.41) is 0. The maximum absolute atomic E-state index is 11.8. The van der Waals surface area contributed by atoms with E-state index >= 15 is 0 Å². The predicted molar refractivity (Wildman–Crippen MR) is 61.6 cm³/mol. The van der Waals surface area contributed by atoms with E-state index in [-0.39, 0.29) is 5.91 Å². The Morgan fingerprint density at radius 1 is 1.53 bits per heavy atom. The minimum Gasteiger partial charge on any atom is -0.341 e. The molecule has 1 heterocycles. The molecule has 1 atom stereocenters. The molecule has 0 bridgehead atoms. The number of nitrogens with zero attached hydrogens (tertiary/aromatic N) is 2. The van der Waals surface area contributed by atoms with Crippen LogP contribution in [-0.2, 0) is 4.79 Å². The average Bonchev–Trinajstić information content (AvgIpc) is 2.26. The summed E-state index contributed by atoms with van der Waals surface area (Å²) in [7, 11) is 4.16. The number of rotatable bonds is 4. The largest absolute Gasteiger partial charge is 0.341 e. The highest BCUT2D eigenvalue weighted by atomic mass is 16.2. The van der Waals surface area contributed by atoms with Crippen molar-refractivity contribution in [3.8, 4) is 0 Å². The van der Waals surface area contributed by atoms with Crippen LogP contribution in [0.4, 0.5) is 0 Å². The fraction of sp³-hybridized carbons (Fsp3) is 0.909. The maximum atomic E-state index is 11.8. The number of nitrogens with two attached hydrogens (primary N) is 1. The highest BCUT2D eigenvalue weighted by Crippen LogP contribution is 2.14. The van der Waals surface area contributed by atoms with Gasteiger partial charge in [0, 0.05) is 25.6 Å². The molecule has 1 rings (SSSR count). The average molecular weight is 213 g/mol. The molecule has 0 aromatic carbocycles. The molecule has 0 saturated carbocycles. The van der Waals surface area contributed by atoms with Gasteiger partial charge in [-0.15, -0.1) is 0 Å². The number of piperidine rings is 1. The maximum Gasteiger partial charge on any atom is 0.222 e. The normalized spacial score (nSPS) is 22.1. The lowest BCUT2D eigenvalue weighted by molar-refractivity contribution is -0.133. The third-order valence-electron chi connectivity index (χ3n) is 3.07. The first-order valence-electron chi connectivity index (χ1n) is 5.79. The number of carbonyl (C=O) groups excluding carboxylic acids is 1. The fourth-order valence-corrected chi connectivity index (χ4v) is 2.01. The van der Waals surface area contributed by atoms with E-state index < -0.39 is 0 Å². The van der Waals surface area contributed by atoms with Gasteiger partial charge in [-0.05, 0) is 39.9 Å². The Morgan fingerprint density at radius 3 is 2.87 bits per heavy atom. The molecule has 1 saturated heterocycles. The van der Waals surface area contributed by atoms with Crippen molar-refractivity contribution in [2.24, 2.45) is 5.73 Å². The molecule has 1 aliphatic heterocycles. The second kappa shape index (κ2) is 6.08. The van der Waals surface area contributed by atoms with Crippen LogP contribution in [0.1, 0.15) is 25.7 Å². The van der Waals surface area contributed by atoms with Crippen molar-refractivity contribution in [1.29, 1.82) is 0 Å². The second-order valence-electron chi connectivity index (χ2n) is 4.49. The van der Waals surface area contributed by atoms with Crippen LogP contribution in [0.3, 0.4) is 0 Å². The number of hydrogen-bond donors (Lipinski definition) is 1. The highest BCUT2D eigenvalue weighted by molar-refractivity contribution is 5.76. The molecule has 2 N–H and O–H groups in total. The first kappa shape index (κ1) is 12.5. The van der Waals surface area contributed by atoms with Gasteiger partial charge in [0.2, 0.25) is 5.91 Å². The van der Waals surface area contributed by atoms with Crippen molar-refractivity contribution in [3.63, 3.8) is 0 Å². The summed E-state index contributed by atoms with van der Waals surface area (Å²) in [4.78, 5) is 16.0. The van der Waals surface area contributed by atoms with E-state index in [4.69, 9.17) is 5.73 Å². The van der Waals surface area contributed by atoms with Crippen LogP contribution in [0.2, 0.25) is 0 Å². The van der Waals surface area contributed by atoms with Gasteiger partial charge in [-0.25, -0.2) is 0 Å². The van der Waals surface area contributed by atoms with E-state index in [1.165, 1.54) is 6.42 Å². The van der Waals surface area contributed by atoms with E-state index in [1.807, 2.05) is 4.90 Å². The zero-order valence-corrected chi connectivity index (χ0v) is 9.91. The van der Waals surface area contributed by atoms with Crippen molar-refractivity contribution >= 4 is 5.91 Å². The van der Waals surface area contributed by atoms with Gasteiger partial charge in [0.25, 0.3) is 0 Å². The monoisotopic (exact) mass is 213 g/mol. The molecule has 0 radical (unpaired) electrons. The van der Waals surface area contributed by atoms with Crippen LogP contribution in [0.15, 0.2) is 0 Å². The molecule has 1 amide bonds. The van der Waals surface area contributed by atoms with Gasteiger partial charge in [-0.3, -0.25) is 4.79 Å². The summed E-state index contributed by atoms with van der Waals surface area (Å²) < 4.78 is 0. The zero-order chi connectivity index (χ0) is 11.3. The number of hydrogen-bond acceptors (Lipinski definition) is 3. The lowest BCUT2D eigenvalue weighted by Crippen LogP contribution is -2.47. The molecular formula is C11H23N3O. The minimum atomic E-state index is 0.270. The number of carbonyl (C=O) groups is 1. The smallest absolute Gasteiger partial charge is 0.222 e.